The normalized spacial score (nSPS) is 17.2. The van der Waals surface area contributed by atoms with Crippen molar-refractivity contribution in [3.8, 4) is 11.1 Å². The smallest absolute Gasteiger partial charge is 0.376 e. The van der Waals surface area contributed by atoms with E-state index in [4.69, 9.17) is 0 Å². The highest BCUT2D eigenvalue weighted by Gasteiger charge is 2.45. The predicted molar refractivity (Wildman–Crippen MR) is 189 cm³/mol. The molecule has 1 N–H and O–H groups in total. The number of hydrogen-bond donors (Lipinski definition) is 1. The first-order valence-electron chi connectivity index (χ1n) is 16.9. The zero-order valence-corrected chi connectivity index (χ0v) is 30.5. The van der Waals surface area contributed by atoms with Crippen molar-refractivity contribution in [1.29, 1.82) is 0 Å². The molecule has 13 heteroatoms. The van der Waals surface area contributed by atoms with Gasteiger partial charge in [0.15, 0.2) is 16.8 Å². The lowest BCUT2D eigenvalue weighted by atomic mass is 9.76. The molecule has 0 bridgehead atoms. The van der Waals surface area contributed by atoms with Crippen molar-refractivity contribution in [3.63, 3.8) is 0 Å². The first kappa shape index (κ1) is 38.6. The summed E-state index contributed by atoms with van der Waals surface area (Å²) in [5.41, 5.74) is 0.972. The molecule has 0 saturated carbocycles. The van der Waals surface area contributed by atoms with Gasteiger partial charge >= 0.3 is 6.18 Å². The number of aliphatic hydroxyl groups is 1. The minimum Gasteiger partial charge on any atom is -0.376 e. The molecule has 3 aromatic carbocycles. The van der Waals surface area contributed by atoms with Crippen molar-refractivity contribution in [2.45, 2.75) is 107 Å². The van der Waals surface area contributed by atoms with Crippen LogP contribution in [0.4, 0.5) is 22.0 Å². The second-order valence-electron chi connectivity index (χ2n) is 14.4. The van der Waals surface area contributed by atoms with E-state index in [1.54, 1.807) is 6.92 Å². The molecule has 1 aliphatic rings. The number of piperidine rings is 1. The van der Waals surface area contributed by atoms with Gasteiger partial charge in [-0.25, -0.2) is 13.5 Å². The number of aromatic nitrogens is 3. The van der Waals surface area contributed by atoms with E-state index >= 15 is 0 Å². The molecular weight excluding hydrogens is 686 g/mol. The van der Waals surface area contributed by atoms with E-state index in [1.165, 1.54) is 28.9 Å². The first-order valence-corrected chi connectivity index (χ1v) is 17.9. The summed E-state index contributed by atoms with van der Waals surface area (Å²) in [5.74, 6) is -1.95. The van der Waals surface area contributed by atoms with Gasteiger partial charge in [-0.05, 0) is 88.9 Å². The molecule has 2 heterocycles. The molecule has 7 nitrogen and oxygen atoms in total. The lowest BCUT2D eigenvalue weighted by Crippen LogP contribution is -2.63. The molecule has 0 amide bonds. The lowest BCUT2D eigenvalue weighted by Gasteiger charge is -2.56. The molecule has 1 fully saturated rings. The van der Waals surface area contributed by atoms with Crippen molar-refractivity contribution in [1.82, 2.24) is 24.6 Å². The van der Waals surface area contributed by atoms with Gasteiger partial charge in [-0.1, -0.05) is 67.2 Å². The van der Waals surface area contributed by atoms with Crippen LogP contribution < -0.4 is 5.56 Å². The first-order chi connectivity index (χ1) is 23.9. The van der Waals surface area contributed by atoms with Gasteiger partial charge in [0, 0.05) is 35.0 Å². The van der Waals surface area contributed by atoms with Crippen LogP contribution in [0.25, 0.3) is 11.1 Å². The van der Waals surface area contributed by atoms with Crippen molar-refractivity contribution in [3.05, 3.63) is 111 Å². The summed E-state index contributed by atoms with van der Waals surface area (Å²) >= 11 is 1.04. The molecule has 5 rings (SSSR count). The van der Waals surface area contributed by atoms with Gasteiger partial charge < -0.3 is 5.11 Å². The monoisotopic (exact) mass is 729 g/mol. The number of aliphatic hydroxyl groups excluding tert-OH is 1. The number of aryl methyl sites for hydroxylation is 1. The van der Waals surface area contributed by atoms with Gasteiger partial charge in [0.1, 0.15) is 11.9 Å². The van der Waals surface area contributed by atoms with Gasteiger partial charge in [-0.2, -0.15) is 23.3 Å². The van der Waals surface area contributed by atoms with Crippen LogP contribution in [0.2, 0.25) is 0 Å². The number of likely N-dealkylation sites (tertiary alicyclic amines) is 1. The van der Waals surface area contributed by atoms with Crippen molar-refractivity contribution < 1.29 is 27.1 Å². The number of halogens is 5. The SMILES string of the molecule is CCc1nn(CC(O)N(Cc2ccc(-c3ccc(C(F)(F)F)cc3)cc2)C2CC(C)(C)N(C)C(C)(C)C2)c(SCc2cccc(F)c2F)nc1=O. The fraction of sp³-hybridized carbons (Fsp3) is 0.447. The summed E-state index contributed by atoms with van der Waals surface area (Å²) in [7, 11) is 2.10. The molecule has 0 aliphatic carbocycles. The molecule has 4 aromatic rings. The van der Waals surface area contributed by atoms with E-state index in [2.05, 4.69) is 49.7 Å². The average molecular weight is 730 g/mol. The summed E-state index contributed by atoms with van der Waals surface area (Å²) in [6.07, 6.45) is -3.71. The highest BCUT2D eigenvalue weighted by molar-refractivity contribution is 7.98. The third-order valence-electron chi connectivity index (χ3n) is 9.97. The molecule has 274 valence electrons. The molecule has 51 heavy (non-hydrogen) atoms. The maximum atomic E-state index is 14.5. The summed E-state index contributed by atoms with van der Waals surface area (Å²) in [5, 5.41) is 16.8. The lowest BCUT2D eigenvalue weighted by molar-refractivity contribution is -0.137. The molecule has 0 spiro atoms. The van der Waals surface area contributed by atoms with Crippen LogP contribution in [0, 0.1) is 11.6 Å². The zero-order valence-electron chi connectivity index (χ0n) is 29.6. The fourth-order valence-corrected chi connectivity index (χ4v) is 7.77. The molecule has 1 unspecified atom stereocenters. The number of hydrogen-bond acceptors (Lipinski definition) is 7. The summed E-state index contributed by atoms with van der Waals surface area (Å²) in [6, 6.07) is 16.4. The topological polar surface area (TPSA) is 74.5 Å². The van der Waals surface area contributed by atoms with Crippen molar-refractivity contribution in [2.24, 2.45) is 0 Å². The fourth-order valence-electron chi connectivity index (χ4n) is 6.85. The molecule has 1 aliphatic heterocycles. The van der Waals surface area contributed by atoms with Gasteiger partial charge in [-0.3, -0.25) is 14.6 Å². The third kappa shape index (κ3) is 8.88. The van der Waals surface area contributed by atoms with Crippen LogP contribution in [0.5, 0.6) is 0 Å². The summed E-state index contributed by atoms with van der Waals surface area (Å²) in [4.78, 5) is 21.4. The molecule has 1 atom stereocenters. The van der Waals surface area contributed by atoms with Gasteiger partial charge in [0.05, 0.1) is 12.1 Å². The standard InChI is InChI=1S/C38H44F5N5O2S/c1-7-31-34(50)44-35(51-23-27-9-8-10-30(39)33(27)40)48(45-31)22-32(49)47(29-19-36(2,3)46(6)37(4,5)20-29)21-24-11-13-25(14-12-24)26-15-17-28(18-16-26)38(41,42)43/h8-18,29,32,49H,7,19-23H2,1-6H3. The maximum absolute atomic E-state index is 14.5. The Hall–Kier alpha value is -3.65. The highest BCUT2D eigenvalue weighted by Crippen LogP contribution is 2.40. The Morgan fingerprint density at radius 3 is 2.12 bits per heavy atom. The van der Waals surface area contributed by atoms with E-state index < -0.39 is 35.2 Å². The van der Waals surface area contributed by atoms with Crippen molar-refractivity contribution in [2.75, 3.05) is 7.05 Å². The van der Waals surface area contributed by atoms with E-state index in [0.29, 0.717) is 18.5 Å². The average Bonchev–Trinajstić information content (AvgIpc) is 3.07. The van der Waals surface area contributed by atoms with Crippen LogP contribution in [-0.4, -0.2) is 60.1 Å². The summed E-state index contributed by atoms with van der Waals surface area (Å²) in [6.45, 7) is 10.8. The third-order valence-corrected chi connectivity index (χ3v) is 11.0. The maximum Gasteiger partial charge on any atom is 0.416 e. The molecule has 1 aromatic heterocycles. The second kappa shape index (κ2) is 15.1. The van der Waals surface area contributed by atoms with E-state index in [9.17, 15) is 31.9 Å². The van der Waals surface area contributed by atoms with E-state index in [1.807, 2.05) is 29.2 Å². The Kier molecular flexibility index (Phi) is 11.5. The van der Waals surface area contributed by atoms with Crippen LogP contribution in [0.1, 0.15) is 69.8 Å². The Balaban J connectivity index is 1.45. The Labute approximate surface area is 299 Å². The minimum atomic E-state index is -4.42. The number of rotatable bonds is 11. The number of nitrogens with zero attached hydrogens (tertiary/aromatic N) is 5. The van der Waals surface area contributed by atoms with Crippen LogP contribution >= 0.6 is 11.8 Å². The predicted octanol–water partition coefficient (Wildman–Crippen LogP) is 7.93. The second-order valence-corrected chi connectivity index (χ2v) is 15.3. The summed E-state index contributed by atoms with van der Waals surface area (Å²) < 4.78 is 69.2. The van der Waals surface area contributed by atoms with E-state index in [0.717, 1.165) is 53.9 Å². The van der Waals surface area contributed by atoms with Crippen LogP contribution in [0.3, 0.4) is 0 Å². The molecule has 1 saturated heterocycles. The minimum absolute atomic E-state index is 0.00832. The van der Waals surface area contributed by atoms with Gasteiger partial charge in [0.25, 0.3) is 5.56 Å². The quantitative estimate of drug-likeness (QED) is 0.0956. The van der Waals surface area contributed by atoms with Gasteiger partial charge in [0.2, 0.25) is 0 Å². The van der Waals surface area contributed by atoms with Gasteiger partial charge in [-0.15, -0.1) is 0 Å². The number of benzene rings is 3. The van der Waals surface area contributed by atoms with Crippen LogP contribution in [0.15, 0.2) is 76.7 Å². The Morgan fingerprint density at radius 2 is 1.55 bits per heavy atom. The van der Waals surface area contributed by atoms with E-state index in [-0.39, 0.29) is 45.8 Å². The largest absolute Gasteiger partial charge is 0.416 e. The van der Waals surface area contributed by atoms with Crippen molar-refractivity contribution >= 4 is 11.8 Å². The molecular formula is C38H44F5N5O2S. The Morgan fingerprint density at radius 1 is 0.961 bits per heavy atom. The zero-order chi connectivity index (χ0) is 37.3. The highest BCUT2D eigenvalue weighted by atomic mass is 32.2. The number of thioether (sulfide) groups is 1. The van der Waals surface area contributed by atoms with Crippen LogP contribution in [-0.2, 0) is 31.4 Å². The number of alkyl halides is 3. The molecule has 0 radical (unpaired) electrons. The Bertz CT molecular complexity index is 1860.